The lowest BCUT2D eigenvalue weighted by Gasteiger charge is -2.23. The Morgan fingerprint density at radius 3 is 2.89 bits per heavy atom. The Kier molecular flexibility index (Phi) is 8.71. The Morgan fingerprint density at radius 1 is 1.50 bits per heavy atom. The lowest BCUT2D eigenvalue weighted by atomic mass is 9.89. The molecule has 0 spiro atoms. The molecule has 0 saturated heterocycles. The van der Waals surface area contributed by atoms with Crippen molar-refractivity contribution in [3.05, 3.63) is 23.2 Å². The molecule has 0 radical (unpaired) electrons. The highest BCUT2D eigenvalue weighted by molar-refractivity contribution is 8.01. The minimum absolute atomic E-state index is 0.0169. The lowest BCUT2D eigenvalue weighted by molar-refractivity contribution is -0.121. The molecule has 1 heterocycles. The number of hydrogen-bond acceptors (Lipinski definition) is 6. The van der Waals surface area contributed by atoms with E-state index in [2.05, 4.69) is 24.9 Å². The van der Waals surface area contributed by atoms with E-state index in [4.69, 9.17) is 5.11 Å². The maximum Gasteiger partial charge on any atom is 0.355 e. The molecule has 0 bridgehead atoms. The highest BCUT2D eigenvalue weighted by atomic mass is 32.2. The first-order valence-electron chi connectivity index (χ1n) is 9.91. The van der Waals surface area contributed by atoms with E-state index in [1.807, 2.05) is 13.0 Å². The van der Waals surface area contributed by atoms with Crippen LogP contribution >= 0.6 is 23.1 Å². The zero-order valence-electron chi connectivity index (χ0n) is 16.9. The van der Waals surface area contributed by atoms with E-state index in [1.165, 1.54) is 23.1 Å². The van der Waals surface area contributed by atoms with Gasteiger partial charge in [0, 0.05) is 23.5 Å². The topological polar surface area (TPSA) is 87.5 Å². The van der Waals surface area contributed by atoms with E-state index < -0.39 is 11.6 Å². The van der Waals surface area contributed by atoms with E-state index in [1.54, 1.807) is 5.38 Å². The van der Waals surface area contributed by atoms with Crippen molar-refractivity contribution in [3.8, 4) is 0 Å². The number of aromatic carboxylic acids is 1. The number of rotatable bonds is 11. The molecule has 7 heteroatoms. The molecule has 0 amide bonds. The summed E-state index contributed by atoms with van der Waals surface area (Å²) >= 11 is 2.84. The van der Waals surface area contributed by atoms with E-state index >= 15 is 0 Å². The van der Waals surface area contributed by atoms with Gasteiger partial charge in [-0.1, -0.05) is 37.8 Å². The molecule has 156 valence electrons. The number of carboxylic acids is 1. The first kappa shape index (κ1) is 23.1. The van der Waals surface area contributed by atoms with Crippen molar-refractivity contribution in [2.75, 3.05) is 5.75 Å². The van der Waals surface area contributed by atoms with E-state index in [0.29, 0.717) is 24.5 Å². The van der Waals surface area contributed by atoms with Gasteiger partial charge in [0.1, 0.15) is 5.78 Å². The fraction of sp³-hybridized carbons (Fsp3) is 0.667. The Labute approximate surface area is 175 Å². The zero-order chi connectivity index (χ0) is 20.7. The second-order valence-electron chi connectivity index (χ2n) is 8.28. The summed E-state index contributed by atoms with van der Waals surface area (Å²) in [5.74, 6) is 0.882. The van der Waals surface area contributed by atoms with Gasteiger partial charge in [0.05, 0.1) is 5.60 Å². The van der Waals surface area contributed by atoms with Crippen LogP contribution < -0.4 is 0 Å². The number of nitrogens with zero attached hydrogens (tertiary/aromatic N) is 1. The van der Waals surface area contributed by atoms with Crippen LogP contribution in [0, 0.1) is 17.8 Å². The summed E-state index contributed by atoms with van der Waals surface area (Å²) in [7, 11) is 0. The van der Waals surface area contributed by atoms with Gasteiger partial charge in [-0.15, -0.1) is 11.3 Å². The first-order valence-corrected chi connectivity index (χ1v) is 11.8. The number of allylic oxidation sites excluding steroid dienone is 1. The molecule has 1 fully saturated rings. The lowest BCUT2D eigenvalue weighted by Crippen LogP contribution is -2.23. The van der Waals surface area contributed by atoms with Gasteiger partial charge in [0.2, 0.25) is 0 Å². The number of Topliss-reactive ketones (excluding diaryl/α,β-unsaturated/α-hetero) is 1. The van der Waals surface area contributed by atoms with E-state index in [9.17, 15) is 14.7 Å². The fourth-order valence-electron chi connectivity index (χ4n) is 3.43. The van der Waals surface area contributed by atoms with Crippen molar-refractivity contribution >= 4 is 34.9 Å². The Hall–Kier alpha value is -1.18. The molecule has 5 nitrogen and oxygen atoms in total. The van der Waals surface area contributed by atoms with Gasteiger partial charge in [0.25, 0.3) is 0 Å². The minimum Gasteiger partial charge on any atom is -0.476 e. The van der Waals surface area contributed by atoms with Gasteiger partial charge in [-0.2, -0.15) is 0 Å². The van der Waals surface area contributed by atoms with Gasteiger partial charge in [-0.05, 0) is 50.9 Å². The molecule has 1 saturated carbocycles. The molecule has 2 rings (SSSR count). The largest absolute Gasteiger partial charge is 0.476 e. The van der Waals surface area contributed by atoms with Crippen molar-refractivity contribution in [1.29, 1.82) is 0 Å². The third kappa shape index (κ3) is 7.33. The molecule has 1 unspecified atom stereocenters. The number of hydrogen-bond donors (Lipinski definition) is 2. The van der Waals surface area contributed by atoms with Crippen molar-refractivity contribution in [1.82, 2.24) is 4.98 Å². The number of thiazole rings is 1. The second kappa shape index (κ2) is 10.6. The SMILES string of the molecule is CC(C)CCC(C)(O)C/C=C/[C@H]1CCC(=O)[C@@H]1CCSc1nc(C(=O)O)cs1. The normalized spacial score (nSPS) is 22.2. The van der Waals surface area contributed by atoms with Crippen LogP contribution in [0.2, 0.25) is 0 Å². The summed E-state index contributed by atoms with van der Waals surface area (Å²) in [5.41, 5.74) is -0.615. The number of thioether (sulfide) groups is 1. The molecule has 1 aliphatic carbocycles. The second-order valence-corrected chi connectivity index (χ2v) is 10.5. The van der Waals surface area contributed by atoms with Gasteiger partial charge < -0.3 is 10.2 Å². The minimum atomic E-state index is -1.01. The highest BCUT2D eigenvalue weighted by Crippen LogP contribution is 2.35. The zero-order valence-corrected chi connectivity index (χ0v) is 18.5. The van der Waals surface area contributed by atoms with E-state index in [-0.39, 0.29) is 17.5 Å². The average Bonchev–Trinajstić information content (AvgIpc) is 3.22. The standard InChI is InChI=1S/C21H31NO4S2/c1-14(2)8-11-21(3,26)10-4-5-15-6-7-18(23)16(15)9-12-27-20-22-17(13-28-20)19(24)25/h4-5,13-16,26H,6-12H2,1-3H3,(H,24,25)/b5-4+/t15-,16+,21?/m0/s1. The van der Waals surface area contributed by atoms with Crippen molar-refractivity contribution < 1.29 is 19.8 Å². The maximum atomic E-state index is 12.3. The molecule has 0 aromatic carbocycles. The van der Waals surface area contributed by atoms with Gasteiger partial charge >= 0.3 is 5.97 Å². The van der Waals surface area contributed by atoms with E-state index in [0.717, 1.165) is 35.8 Å². The average molecular weight is 426 g/mol. The third-order valence-electron chi connectivity index (χ3n) is 5.21. The summed E-state index contributed by atoms with van der Waals surface area (Å²) in [5, 5.41) is 21.0. The summed E-state index contributed by atoms with van der Waals surface area (Å²) in [6.45, 7) is 6.20. The Bertz CT molecular complexity index is 696. The van der Waals surface area contributed by atoms with Crippen LogP contribution in [0.1, 0.15) is 69.8 Å². The molecule has 0 aliphatic heterocycles. The molecule has 1 aromatic rings. The molecule has 28 heavy (non-hydrogen) atoms. The number of aromatic nitrogens is 1. The van der Waals surface area contributed by atoms with Crippen LogP contribution in [0.15, 0.2) is 21.9 Å². The molecular weight excluding hydrogens is 394 g/mol. The van der Waals surface area contributed by atoms with Crippen molar-refractivity contribution in [3.63, 3.8) is 0 Å². The summed E-state index contributed by atoms with van der Waals surface area (Å²) in [6.07, 6.45) is 8.83. The number of ketones is 1. The van der Waals surface area contributed by atoms with Gasteiger partial charge in [0.15, 0.2) is 10.0 Å². The quantitative estimate of drug-likeness (QED) is 0.381. The van der Waals surface area contributed by atoms with Crippen LogP contribution in [-0.4, -0.2) is 38.3 Å². The predicted octanol–water partition coefficient (Wildman–Crippen LogP) is 5.05. The monoisotopic (exact) mass is 425 g/mol. The Morgan fingerprint density at radius 2 is 2.25 bits per heavy atom. The van der Waals surface area contributed by atoms with Crippen LogP contribution in [-0.2, 0) is 4.79 Å². The maximum absolute atomic E-state index is 12.3. The molecule has 1 aromatic heterocycles. The number of aliphatic hydroxyl groups is 1. The molecule has 3 atom stereocenters. The van der Waals surface area contributed by atoms with Crippen molar-refractivity contribution in [2.45, 2.75) is 69.2 Å². The molecular formula is C21H31NO4S2. The van der Waals surface area contributed by atoms with Crippen LogP contribution in [0.3, 0.4) is 0 Å². The van der Waals surface area contributed by atoms with Gasteiger partial charge in [-0.3, -0.25) is 4.79 Å². The Balaban J connectivity index is 1.82. The predicted molar refractivity (Wildman–Crippen MR) is 114 cm³/mol. The molecule has 2 N–H and O–H groups in total. The highest BCUT2D eigenvalue weighted by Gasteiger charge is 2.32. The summed E-state index contributed by atoms with van der Waals surface area (Å²) < 4.78 is 0.733. The third-order valence-corrected chi connectivity index (χ3v) is 7.27. The number of carboxylic acid groups (broad SMARTS) is 1. The van der Waals surface area contributed by atoms with Crippen LogP contribution in [0.25, 0.3) is 0 Å². The van der Waals surface area contributed by atoms with Crippen LogP contribution in [0.5, 0.6) is 0 Å². The fourth-order valence-corrected chi connectivity index (χ4v) is 5.33. The number of carbonyl (C=O) groups is 2. The first-order chi connectivity index (χ1) is 13.2. The van der Waals surface area contributed by atoms with Crippen molar-refractivity contribution in [2.24, 2.45) is 17.8 Å². The summed E-state index contributed by atoms with van der Waals surface area (Å²) in [4.78, 5) is 27.2. The number of carbonyl (C=O) groups excluding carboxylic acids is 1. The van der Waals surface area contributed by atoms with Gasteiger partial charge in [-0.25, -0.2) is 9.78 Å². The smallest absolute Gasteiger partial charge is 0.355 e. The molecule has 1 aliphatic rings. The summed E-state index contributed by atoms with van der Waals surface area (Å²) in [6, 6.07) is 0. The van der Waals surface area contributed by atoms with Crippen LogP contribution in [0.4, 0.5) is 0 Å².